The number of thioether (sulfide) groups is 1. The number of hydrogen-bond donors (Lipinski definition) is 0. The predicted octanol–water partition coefficient (Wildman–Crippen LogP) is 2.81. The predicted molar refractivity (Wildman–Crippen MR) is 102 cm³/mol. The van der Waals surface area contributed by atoms with Crippen molar-refractivity contribution in [3.8, 4) is 0 Å². The molecule has 2 amide bonds. The summed E-state index contributed by atoms with van der Waals surface area (Å²) < 4.78 is 0. The first-order valence-electron chi connectivity index (χ1n) is 8.62. The Labute approximate surface area is 158 Å². The summed E-state index contributed by atoms with van der Waals surface area (Å²) in [6.07, 6.45) is 4.03. The molecule has 1 fully saturated rings. The Kier molecular flexibility index (Phi) is 5.93. The van der Waals surface area contributed by atoms with Crippen molar-refractivity contribution in [1.82, 2.24) is 14.8 Å². The molecule has 3 rings (SSSR count). The molecule has 0 N–H and O–H groups in total. The lowest BCUT2D eigenvalue weighted by Crippen LogP contribution is -2.34. The van der Waals surface area contributed by atoms with Crippen LogP contribution < -0.4 is 0 Å². The molecule has 6 heteroatoms. The van der Waals surface area contributed by atoms with Gasteiger partial charge in [-0.15, -0.1) is 11.8 Å². The summed E-state index contributed by atoms with van der Waals surface area (Å²) >= 11 is 1.68. The zero-order valence-corrected chi connectivity index (χ0v) is 15.9. The summed E-state index contributed by atoms with van der Waals surface area (Å²) in [4.78, 5) is 34.0. The number of rotatable bonds is 6. The molecule has 1 aliphatic heterocycles. The van der Waals surface area contributed by atoms with E-state index in [1.807, 2.05) is 36.6 Å². The number of benzene rings is 1. The first-order valence-corrected chi connectivity index (χ1v) is 9.85. The molecular weight excluding hydrogens is 346 g/mol. The van der Waals surface area contributed by atoms with E-state index in [1.54, 1.807) is 34.8 Å². The molecule has 2 aromatic rings. The Morgan fingerprint density at radius 1 is 1.31 bits per heavy atom. The Morgan fingerprint density at radius 2 is 2.15 bits per heavy atom. The summed E-state index contributed by atoms with van der Waals surface area (Å²) in [5.41, 5.74) is 1.94. The number of pyridine rings is 1. The summed E-state index contributed by atoms with van der Waals surface area (Å²) in [7, 11) is 1.81. The van der Waals surface area contributed by atoms with E-state index in [2.05, 4.69) is 17.1 Å². The smallest absolute Gasteiger partial charge is 0.228 e. The maximum atomic E-state index is 12.8. The van der Waals surface area contributed by atoms with Crippen LogP contribution in [0.1, 0.15) is 17.7 Å². The van der Waals surface area contributed by atoms with Gasteiger partial charge in [0.15, 0.2) is 0 Å². The van der Waals surface area contributed by atoms with Gasteiger partial charge in [-0.25, -0.2) is 0 Å². The van der Waals surface area contributed by atoms with Crippen LogP contribution >= 0.6 is 11.8 Å². The van der Waals surface area contributed by atoms with Gasteiger partial charge in [-0.05, 0) is 36.1 Å². The van der Waals surface area contributed by atoms with Crippen molar-refractivity contribution in [2.75, 3.05) is 19.8 Å². The molecule has 26 heavy (non-hydrogen) atoms. The number of likely N-dealkylation sites (tertiary alicyclic amines) is 1. The number of carbonyl (C=O) groups excluding carboxylic acids is 2. The molecule has 1 aromatic carbocycles. The lowest BCUT2D eigenvalue weighted by Gasteiger charge is -2.21. The van der Waals surface area contributed by atoms with E-state index in [-0.39, 0.29) is 24.2 Å². The number of aromatic nitrogens is 1. The lowest BCUT2D eigenvalue weighted by molar-refractivity contribution is -0.135. The van der Waals surface area contributed by atoms with Gasteiger partial charge >= 0.3 is 0 Å². The Hall–Kier alpha value is -2.34. The van der Waals surface area contributed by atoms with E-state index in [4.69, 9.17) is 0 Å². The molecule has 0 saturated carbocycles. The Bertz CT molecular complexity index is 782. The standard InChI is InChI=1S/C20H23N3O2S/c1-22(12-15-6-5-8-18(10-15)26-2)20(25)16-11-19(24)23(13-16)14-17-7-3-4-9-21-17/h3-10,16H,11-14H2,1-2H3. The highest BCUT2D eigenvalue weighted by Gasteiger charge is 2.35. The van der Waals surface area contributed by atoms with E-state index < -0.39 is 0 Å². The maximum Gasteiger partial charge on any atom is 0.228 e. The van der Waals surface area contributed by atoms with Crippen LogP contribution in [0.5, 0.6) is 0 Å². The zero-order valence-electron chi connectivity index (χ0n) is 15.1. The number of amides is 2. The van der Waals surface area contributed by atoms with Crippen molar-refractivity contribution in [3.63, 3.8) is 0 Å². The van der Waals surface area contributed by atoms with Gasteiger partial charge in [0.05, 0.1) is 18.2 Å². The fourth-order valence-electron chi connectivity index (χ4n) is 3.21. The molecule has 0 radical (unpaired) electrons. The van der Waals surface area contributed by atoms with Gasteiger partial charge < -0.3 is 9.80 Å². The fourth-order valence-corrected chi connectivity index (χ4v) is 3.70. The van der Waals surface area contributed by atoms with E-state index >= 15 is 0 Å². The monoisotopic (exact) mass is 369 g/mol. The number of carbonyl (C=O) groups is 2. The summed E-state index contributed by atoms with van der Waals surface area (Å²) in [6, 6.07) is 13.8. The first-order chi connectivity index (χ1) is 12.6. The van der Waals surface area contributed by atoms with Gasteiger partial charge in [-0.3, -0.25) is 14.6 Å². The zero-order chi connectivity index (χ0) is 18.5. The van der Waals surface area contributed by atoms with Crippen LogP contribution in [0, 0.1) is 5.92 Å². The molecule has 1 saturated heterocycles. The highest BCUT2D eigenvalue weighted by atomic mass is 32.2. The van der Waals surface area contributed by atoms with Crippen LogP contribution in [0.3, 0.4) is 0 Å². The minimum atomic E-state index is -0.278. The Balaban J connectivity index is 1.60. The van der Waals surface area contributed by atoms with Gasteiger partial charge in [0.1, 0.15) is 0 Å². The molecule has 0 bridgehead atoms. The molecule has 2 heterocycles. The van der Waals surface area contributed by atoms with Crippen LogP contribution in [0.4, 0.5) is 0 Å². The third-order valence-corrected chi connectivity index (χ3v) is 5.30. The normalized spacial score (nSPS) is 16.8. The fraction of sp³-hybridized carbons (Fsp3) is 0.350. The van der Waals surface area contributed by atoms with Crippen LogP contribution in [-0.4, -0.2) is 46.4 Å². The van der Waals surface area contributed by atoms with Crippen LogP contribution in [-0.2, 0) is 22.7 Å². The van der Waals surface area contributed by atoms with Crippen molar-refractivity contribution in [1.29, 1.82) is 0 Å². The molecule has 1 aliphatic rings. The third kappa shape index (κ3) is 4.43. The number of nitrogens with zero attached hydrogens (tertiary/aromatic N) is 3. The first kappa shape index (κ1) is 18.5. The van der Waals surface area contributed by atoms with Gasteiger partial charge in [0.25, 0.3) is 0 Å². The summed E-state index contributed by atoms with van der Waals surface area (Å²) in [5.74, 6) is -0.233. The number of hydrogen-bond acceptors (Lipinski definition) is 4. The maximum absolute atomic E-state index is 12.8. The molecule has 136 valence electrons. The topological polar surface area (TPSA) is 53.5 Å². The lowest BCUT2D eigenvalue weighted by atomic mass is 10.1. The molecule has 1 aromatic heterocycles. The minimum absolute atomic E-state index is 0.0202. The minimum Gasteiger partial charge on any atom is -0.341 e. The van der Waals surface area contributed by atoms with E-state index in [9.17, 15) is 9.59 Å². The molecule has 0 spiro atoms. The second-order valence-corrected chi connectivity index (χ2v) is 7.42. The molecule has 0 aliphatic carbocycles. The van der Waals surface area contributed by atoms with Gasteiger partial charge in [0.2, 0.25) is 11.8 Å². The largest absolute Gasteiger partial charge is 0.341 e. The van der Waals surface area contributed by atoms with Crippen LogP contribution in [0.2, 0.25) is 0 Å². The SMILES string of the molecule is CSc1cccc(CN(C)C(=O)C2CC(=O)N(Cc3ccccn3)C2)c1. The van der Waals surface area contributed by atoms with Crippen LogP contribution in [0.25, 0.3) is 0 Å². The molecular formula is C20H23N3O2S. The second kappa shape index (κ2) is 8.36. The molecule has 1 unspecified atom stereocenters. The second-order valence-electron chi connectivity index (χ2n) is 6.54. The highest BCUT2D eigenvalue weighted by Crippen LogP contribution is 2.23. The molecule has 1 atom stereocenters. The van der Waals surface area contributed by atoms with E-state index in [0.29, 0.717) is 19.6 Å². The van der Waals surface area contributed by atoms with Crippen LogP contribution in [0.15, 0.2) is 53.6 Å². The van der Waals surface area contributed by atoms with Crippen molar-refractivity contribution in [2.45, 2.75) is 24.4 Å². The van der Waals surface area contributed by atoms with Crippen molar-refractivity contribution in [3.05, 3.63) is 59.9 Å². The van der Waals surface area contributed by atoms with Gasteiger partial charge in [-0.1, -0.05) is 18.2 Å². The third-order valence-electron chi connectivity index (χ3n) is 4.57. The highest BCUT2D eigenvalue weighted by molar-refractivity contribution is 7.98. The summed E-state index contributed by atoms with van der Waals surface area (Å²) in [6.45, 7) is 1.48. The molecule has 5 nitrogen and oxygen atoms in total. The van der Waals surface area contributed by atoms with Crippen molar-refractivity contribution >= 4 is 23.6 Å². The Morgan fingerprint density at radius 3 is 2.88 bits per heavy atom. The van der Waals surface area contributed by atoms with Gasteiger partial charge in [-0.2, -0.15) is 0 Å². The average molecular weight is 369 g/mol. The average Bonchev–Trinajstić information content (AvgIpc) is 3.02. The summed E-state index contributed by atoms with van der Waals surface area (Å²) in [5, 5.41) is 0. The van der Waals surface area contributed by atoms with Crippen molar-refractivity contribution in [2.24, 2.45) is 5.92 Å². The van der Waals surface area contributed by atoms with Crippen molar-refractivity contribution < 1.29 is 9.59 Å². The van der Waals surface area contributed by atoms with E-state index in [1.165, 1.54) is 4.90 Å². The van der Waals surface area contributed by atoms with Gasteiger partial charge in [0, 0.05) is 37.7 Å². The van der Waals surface area contributed by atoms with E-state index in [0.717, 1.165) is 11.3 Å². The quantitative estimate of drug-likeness (QED) is 0.735.